The maximum absolute atomic E-state index is 2.45. The van der Waals surface area contributed by atoms with Crippen molar-refractivity contribution in [3.8, 4) is 0 Å². The van der Waals surface area contributed by atoms with Gasteiger partial charge in [-0.2, -0.15) is 0 Å². The van der Waals surface area contributed by atoms with Crippen molar-refractivity contribution >= 4 is 0 Å². The van der Waals surface area contributed by atoms with Crippen LogP contribution in [0.1, 0.15) is 12.8 Å². The number of fused-ring (bicyclic) bond motifs is 3. The predicted molar refractivity (Wildman–Crippen MR) is 27.8 cm³/mol. The van der Waals surface area contributed by atoms with Crippen LogP contribution in [-0.2, 0) is 0 Å². The first-order valence-corrected chi connectivity index (χ1v) is 3.17. The second-order valence-corrected chi connectivity index (χ2v) is 3.11. The van der Waals surface area contributed by atoms with Gasteiger partial charge in [0, 0.05) is 0 Å². The van der Waals surface area contributed by atoms with Gasteiger partial charge in [-0.3, -0.25) is 0 Å². The first-order chi connectivity index (χ1) is 3.45. The van der Waals surface area contributed by atoms with Gasteiger partial charge in [-0.15, -0.1) is 0 Å². The predicted octanol–water partition coefficient (Wildman–Crippen LogP) is 1.58. The molecule has 0 N–H and O–H groups in total. The van der Waals surface area contributed by atoms with Crippen molar-refractivity contribution in [2.45, 2.75) is 12.8 Å². The van der Waals surface area contributed by atoms with Gasteiger partial charge >= 0.3 is 0 Å². The molecule has 0 aliphatic heterocycles. The molecule has 0 amide bonds. The Balaban J connectivity index is 2.13. The van der Waals surface area contributed by atoms with Crippen LogP contribution in [0.2, 0.25) is 0 Å². The van der Waals surface area contributed by atoms with E-state index in [1.165, 1.54) is 12.3 Å². The SMILES string of the molecule is C1=C2C1C[C@@H]1CC21. The van der Waals surface area contributed by atoms with Crippen LogP contribution in [0.3, 0.4) is 0 Å². The van der Waals surface area contributed by atoms with E-state index in [0.29, 0.717) is 0 Å². The van der Waals surface area contributed by atoms with Crippen molar-refractivity contribution in [1.29, 1.82) is 0 Å². The van der Waals surface area contributed by atoms with Gasteiger partial charge in [-0.05, 0) is 30.6 Å². The molecule has 0 radical (unpaired) electrons. The third-order valence-corrected chi connectivity index (χ3v) is 2.62. The summed E-state index contributed by atoms with van der Waals surface area (Å²) in [5.74, 6) is 3.32. The Morgan fingerprint density at radius 1 is 1.43 bits per heavy atom. The minimum atomic E-state index is 1.03. The van der Waals surface area contributed by atoms with Crippen LogP contribution in [0.4, 0.5) is 0 Å². The van der Waals surface area contributed by atoms with Crippen LogP contribution >= 0.6 is 0 Å². The fraction of sp³-hybridized carbons (Fsp3) is 0.714. The zero-order chi connectivity index (χ0) is 4.43. The molecule has 0 heterocycles. The summed E-state index contributed by atoms with van der Waals surface area (Å²) in [4.78, 5) is 0. The second-order valence-electron chi connectivity index (χ2n) is 3.11. The Bertz CT molecular complexity index is 155. The molecule has 3 rings (SSSR count). The fourth-order valence-corrected chi connectivity index (χ4v) is 2.03. The van der Waals surface area contributed by atoms with E-state index < -0.39 is 0 Å². The zero-order valence-electron chi connectivity index (χ0n) is 4.22. The van der Waals surface area contributed by atoms with Crippen molar-refractivity contribution in [3.05, 3.63) is 11.6 Å². The molecule has 0 heteroatoms. The minimum Gasteiger partial charge on any atom is -0.0772 e. The highest BCUT2D eigenvalue weighted by atomic mass is 14.6. The van der Waals surface area contributed by atoms with E-state index in [-0.39, 0.29) is 0 Å². The van der Waals surface area contributed by atoms with E-state index in [1.807, 2.05) is 5.57 Å². The molecule has 0 nitrogen and oxygen atoms in total. The van der Waals surface area contributed by atoms with Crippen LogP contribution in [0, 0.1) is 17.8 Å². The Morgan fingerprint density at radius 3 is 2.86 bits per heavy atom. The average molecular weight is 92.1 g/mol. The molecule has 2 fully saturated rings. The average Bonchev–Trinajstić information content (AvgIpc) is 2.47. The van der Waals surface area contributed by atoms with Crippen LogP contribution in [0.25, 0.3) is 0 Å². The molecule has 3 aliphatic rings. The van der Waals surface area contributed by atoms with E-state index in [9.17, 15) is 0 Å². The lowest BCUT2D eigenvalue weighted by Crippen LogP contribution is -1.73. The molecule has 0 spiro atoms. The molecular weight excluding hydrogens is 84.1 g/mol. The van der Waals surface area contributed by atoms with E-state index in [0.717, 1.165) is 11.8 Å². The first-order valence-electron chi connectivity index (χ1n) is 3.17. The largest absolute Gasteiger partial charge is 0.0772 e. The topological polar surface area (TPSA) is 0 Å². The molecule has 0 saturated heterocycles. The summed E-state index contributed by atoms with van der Waals surface area (Å²) in [6.07, 6.45) is 5.52. The smallest absolute Gasteiger partial charge is 0.00143 e. The van der Waals surface area contributed by atoms with Gasteiger partial charge in [-0.25, -0.2) is 0 Å². The van der Waals surface area contributed by atoms with Gasteiger partial charge in [0.05, 0.1) is 0 Å². The number of hydrogen-bond donors (Lipinski definition) is 0. The van der Waals surface area contributed by atoms with Gasteiger partial charge in [-0.1, -0.05) is 11.6 Å². The number of rotatable bonds is 0. The summed E-state index contributed by atoms with van der Waals surface area (Å²) >= 11 is 0. The van der Waals surface area contributed by atoms with Crippen LogP contribution in [0.15, 0.2) is 11.6 Å². The molecule has 0 aromatic rings. The van der Waals surface area contributed by atoms with E-state index in [2.05, 4.69) is 6.08 Å². The maximum atomic E-state index is 2.45. The zero-order valence-corrected chi connectivity index (χ0v) is 4.22. The van der Waals surface area contributed by atoms with Gasteiger partial charge in [0.25, 0.3) is 0 Å². The summed E-state index contributed by atoms with van der Waals surface area (Å²) < 4.78 is 0. The van der Waals surface area contributed by atoms with E-state index in [4.69, 9.17) is 0 Å². The minimum absolute atomic E-state index is 1.03. The van der Waals surface area contributed by atoms with Crippen LogP contribution < -0.4 is 0 Å². The summed E-state index contributed by atoms with van der Waals surface area (Å²) in [7, 11) is 0. The van der Waals surface area contributed by atoms with Gasteiger partial charge in [0.1, 0.15) is 0 Å². The van der Waals surface area contributed by atoms with Crippen molar-refractivity contribution in [2.75, 3.05) is 0 Å². The molecule has 7 heavy (non-hydrogen) atoms. The second kappa shape index (κ2) is 0.594. The first kappa shape index (κ1) is 2.91. The van der Waals surface area contributed by atoms with Crippen molar-refractivity contribution in [3.63, 3.8) is 0 Å². The van der Waals surface area contributed by atoms with Crippen LogP contribution in [0.5, 0.6) is 0 Å². The fourth-order valence-electron chi connectivity index (χ4n) is 2.03. The summed E-state index contributed by atoms with van der Waals surface area (Å²) in [5, 5.41) is 0. The molecule has 0 aromatic heterocycles. The molecule has 0 bridgehead atoms. The summed E-state index contributed by atoms with van der Waals surface area (Å²) in [5.41, 5.74) is 1.82. The van der Waals surface area contributed by atoms with E-state index in [1.54, 1.807) is 6.42 Å². The third-order valence-electron chi connectivity index (χ3n) is 2.62. The lowest BCUT2D eigenvalue weighted by Gasteiger charge is -1.83. The lowest BCUT2D eigenvalue weighted by molar-refractivity contribution is 0.723. The maximum Gasteiger partial charge on any atom is -0.00143 e. The monoisotopic (exact) mass is 92.1 g/mol. The Labute approximate surface area is 43.2 Å². The van der Waals surface area contributed by atoms with Gasteiger partial charge in [0.15, 0.2) is 0 Å². The lowest BCUT2D eigenvalue weighted by atomic mass is 10.2. The Hall–Kier alpha value is -0.260. The Morgan fingerprint density at radius 2 is 2.43 bits per heavy atom. The molecule has 36 valence electrons. The normalized spacial score (nSPS) is 60.6. The molecular formula is C7H8. The van der Waals surface area contributed by atoms with Gasteiger partial charge in [0.2, 0.25) is 0 Å². The Kier molecular flexibility index (Phi) is 0.247. The highest BCUT2D eigenvalue weighted by molar-refractivity contribution is 5.41. The summed E-state index contributed by atoms with van der Waals surface area (Å²) in [6, 6.07) is 0. The molecule has 2 saturated carbocycles. The highest BCUT2D eigenvalue weighted by Gasteiger charge is 2.54. The highest BCUT2D eigenvalue weighted by Crippen LogP contribution is 2.64. The van der Waals surface area contributed by atoms with Crippen molar-refractivity contribution in [2.24, 2.45) is 17.8 Å². The standard InChI is InChI=1S/C7H8/c1-4-2-6(4)7-3-5(1)7/h2,4-5,7H,1,3H2/t4?,5-,7?/m1/s1. The molecule has 2 unspecified atom stereocenters. The number of hydrogen-bond acceptors (Lipinski definition) is 0. The third kappa shape index (κ3) is 0.206. The number of allylic oxidation sites excluding steroid dienone is 2. The quantitative estimate of drug-likeness (QED) is 0.398. The van der Waals surface area contributed by atoms with Crippen molar-refractivity contribution in [1.82, 2.24) is 0 Å². The molecule has 0 aromatic carbocycles. The van der Waals surface area contributed by atoms with Gasteiger partial charge < -0.3 is 0 Å². The molecule has 3 aliphatic carbocycles. The molecule has 3 atom stereocenters. The summed E-state index contributed by atoms with van der Waals surface area (Å²) in [6.45, 7) is 0. The van der Waals surface area contributed by atoms with Crippen molar-refractivity contribution < 1.29 is 0 Å². The van der Waals surface area contributed by atoms with E-state index >= 15 is 0 Å². The van der Waals surface area contributed by atoms with Crippen LogP contribution in [-0.4, -0.2) is 0 Å².